The number of alkyl halides is 3. The molecule has 35 heavy (non-hydrogen) atoms. The molecule has 3 aromatic rings. The van der Waals surface area contributed by atoms with Crippen LogP contribution in [0.3, 0.4) is 0 Å². The highest BCUT2D eigenvalue weighted by molar-refractivity contribution is 5.99. The van der Waals surface area contributed by atoms with E-state index in [2.05, 4.69) is 4.98 Å². The molecular weight excluding hydrogens is 463 g/mol. The summed E-state index contributed by atoms with van der Waals surface area (Å²) >= 11 is 0. The number of esters is 1. The molecule has 0 spiro atoms. The van der Waals surface area contributed by atoms with Crippen LogP contribution < -0.4 is 5.56 Å². The van der Waals surface area contributed by atoms with Gasteiger partial charge in [-0.15, -0.1) is 0 Å². The number of ether oxygens (including phenoxy) is 1. The van der Waals surface area contributed by atoms with E-state index in [1.54, 1.807) is 10.6 Å². The average Bonchev–Trinajstić information content (AvgIpc) is 3.08. The highest BCUT2D eigenvalue weighted by Crippen LogP contribution is 2.23. The van der Waals surface area contributed by atoms with Gasteiger partial charge in [0.05, 0.1) is 17.5 Å². The van der Waals surface area contributed by atoms with Crippen molar-refractivity contribution in [1.29, 1.82) is 0 Å². The molecule has 0 radical (unpaired) electrons. The van der Waals surface area contributed by atoms with Crippen LogP contribution in [-0.4, -0.2) is 38.7 Å². The Labute approximate surface area is 200 Å². The fourth-order valence-electron chi connectivity index (χ4n) is 3.97. The summed E-state index contributed by atoms with van der Waals surface area (Å²) in [6, 6.07) is 8.64. The summed E-state index contributed by atoms with van der Waals surface area (Å²) in [7, 11) is 0. The number of benzene rings is 1. The van der Waals surface area contributed by atoms with Crippen molar-refractivity contribution in [3.8, 4) is 0 Å². The number of unbranched alkanes of at least 4 members (excludes halogenated alkanes) is 1. The largest absolute Gasteiger partial charge is 0.457 e. The van der Waals surface area contributed by atoms with Gasteiger partial charge in [0.15, 0.2) is 6.61 Å². The minimum Gasteiger partial charge on any atom is -0.457 e. The van der Waals surface area contributed by atoms with Gasteiger partial charge >= 0.3 is 12.1 Å². The number of ketones is 1. The van der Waals surface area contributed by atoms with Gasteiger partial charge in [-0.2, -0.15) is 13.2 Å². The molecule has 10 heteroatoms. The second kappa shape index (κ2) is 10.9. The van der Waals surface area contributed by atoms with Gasteiger partial charge in [0.1, 0.15) is 12.2 Å². The second-order valence-electron chi connectivity index (χ2n) is 8.43. The lowest BCUT2D eigenvalue weighted by Crippen LogP contribution is -2.26. The minimum absolute atomic E-state index is 0.0446. The third-order valence-electron chi connectivity index (χ3n) is 5.80. The van der Waals surface area contributed by atoms with Crippen molar-refractivity contribution in [3.63, 3.8) is 0 Å². The van der Waals surface area contributed by atoms with Crippen LogP contribution in [0.4, 0.5) is 13.2 Å². The molecule has 0 bridgehead atoms. The Hall–Kier alpha value is -3.43. The van der Waals surface area contributed by atoms with Crippen LogP contribution in [0.1, 0.15) is 53.6 Å². The fourth-order valence-corrected chi connectivity index (χ4v) is 3.97. The first kappa shape index (κ1) is 26.2. The summed E-state index contributed by atoms with van der Waals surface area (Å²) in [6.45, 7) is 3.67. The number of carbonyl (C=O) groups excluding carboxylic acids is 2. The molecule has 188 valence electrons. The van der Waals surface area contributed by atoms with E-state index in [1.165, 1.54) is 19.9 Å². The minimum atomic E-state index is -4.42. The zero-order chi connectivity index (χ0) is 25.8. The van der Waals surface area contributed by atoms with Crippen molar-refractivity contribution in [3.05, 3.63) is 63.3 Å². The number of nitrogens with zero attached hydrogens (tertiary/aromatic N) is 3. The molecule has 0 N–H and O–H groups in total. The Bertz CT molecular complexity index is 1290. The molecule has 3 rings (SSSR count). The Balaban J connectivity index is 1.65. The third kappa shape index (κ3) is 6.37. The van der Waals surface area contributed by atoms with Crippen LogP contribution in [0.15, 0.2) is 35.1 Å². The number of hydrogen-bond donors (Lipinski definition) is 0. The van der Waals surface area contributed by atoms with Gasteiger partial charge in [-0.05, 0) is 38.5 Å². The van der Waals surface area contributed by atoms with E-state index >= 15 is 0 Å². The Morgan fingerprint density at radius 3 is 2.51 bits per heavy atom. The number of aromatic nitrogens is 3. The lowest BCUT2D eigenvalue weighted by atomic mass is 10.1. The molecule has 0 aliphatic carbocycles. The molecule has 7 nitrogen and oxygen atoms in total. The van der Waals surface area contributed by atoms with Gasteiger partial charge in [0.2, 0.25) is 5.78 Å². The van der Waals surface area contributed by atoms with Gasteiger partial charge in [0, 0.05) is 29.9 Å². The maximum atomic E-state index is 12.9. The molecule has 0 saturated carbocycles. The number of rotatable bonds is 10. The third-order valence-corrected chi connectivity index (χ3v) is 5.80. The maximum absolute atomic E-state index is 12.9. The summed E-state index contributed by atoms with van der Waals surface area (Å²) in [5, 5.41) is 0. The van der Waals surface area contributed by atoms with Crippen LogP contribution in [0.2, 0.25) is 0 Å². The summed E-state index contributed by atoms with van der Waals surface area (Å²) in [5.74, 6) is -1.29. The highest BCUT2D eigenvalue weighted by Gasteiger charge is 2.30. The van der Waals surface area contributed by atoms with Crippen molar-refractivity contribution < 1.29 is 27.5 Å². The fraction of sp³-hybridized carbons (Fsp3) is 0.440. The summed E-state index contributed by atoms with van der Waals surface area (Å²) in [6.07, 6.45) is -2.80. The smallest absolute Gasteiger partial charge is 0.406 e. The van der Waals surface area contributed by atoms with Gasteiger partial charge in [-0.25, -0.2) is 4.98 Å². The van der Waals surface area contributed by atoms with E-state index < -0.39 is 31.1 Å². The molecule has 2 aromatic heterocycles. The van der Waals surface area contributed by atoms with E-state index in [4.69, 9.17) is 4.74 Å². The molecule has 2 heterocycles. The number of fused-ring (bicyclic) bond motifs is 1. The second-order valence-corrected chi connectivity index (χ2v) is 8.43. The normalized spacial score (nSPS) is 11.7. The molecule has 0 unspecified atom stereocenters. The molecule has 1 aromatic carbocycles. The predicted octanol–water partition coefficient (Wildman–Crippen LogP) is 4.54. The highest BCUT2D eigenvalue weighted by atomic mass is 19.4. The van der Waals surface area contributed by atoms with E-state index in [-0.39, 0.29) is 41.0 Å². The Kier molecular flexibility index (Phi) is 8.14. The number of carbonyl (C=O) groups is 2. The lowest BCUT2D eigenvalue weighted by Gasteiger charge is -2.12. The number of halogens is 3. The molecular formula is C25H28F3N3O4. The topological polar surface area (TPSA) is 83.2 Å². The zero-order valence-corrected chi connectivity index (χ0v) is 19.9. The summed E-state index contributed by atoms with van der Waals surface area (Å²) in [4.78, 5) is 42.1. The van der Waals surface area contributed by atoms with Crippen LogP contribution >= 0.6 is 0 Å². The summed E-state index contributed by atoms with van der Waals surface area (Å²) < 4.78 is 46.1. The SMILES string of the molecule is CCCCn1c(=O)c(CCC(=O)OCC(=O)c2cc(C)n(CC(F)(F)F)c2C)nc2ccccc21. The molecule has 0 fully saturated rings. The predicted molar refractivity (Wildman–Crippen MR) is 124 cm³/mol. The first-order valence-electron chi connectivity index (χ1n) is 11.4. The monoisotopic (exact) mass is 491 g/mol. The lowest BCUT2D eigenvalue weighted by molar-refractivity contribution is -0.142. The van der Waals surface area contributed by atoms with Crippen molar-refractivity contribution in [1.82, 2.24) is 14.1 Å². The average molecular weight is 492 g/mol. The van der Waals surface area contributed by atoms with Gasteiger partial charge < -0.3 is 13.9 Å². The molecule has 0 aliphatic heterocycles. The first-order valence-corrected chi connectivity index (χ1v) is 11.4. The van der Waals surface area contributed by atoms with Crippen molar-refractivity contribution in [2.45, 2.75) is 65.7 Å². The Morgan fingerprint density at radius 2 is 1.83 bits per heavy atom. The van der Waals surface area contributed by atoms with Crippen LogP contribution in [-0.2, 0) is 29.0 Å². The molecule has 0 saturated heterocycles. The van der Waals surface area contributed by atoms with Crippen LogP contribution in [0, 0.1) is 13.8 Å². The summed E-state index contributed by atoms with van der Waals surface area (Å²) in [5.41, 5.74) is 1.87. The van der Waals surface area contributed by atoms with Gasteiger partial charge in [-0.1, -0.05) is 25.5 Å². The zero-order valence-electron chi connectivity index (χ0n) is 19.9. The van der Waals surface area contributed by atoms with E-state index in [9.17, 15) is 27.6 Å². The van der Waals surface area contributed by atoms with Crippen molar-refractivity contribution in [2.75, 3.05) is 6.61 Å². The number of aryl methyl sites for hydroxylation is 3. The first-order chi connectivity index (χ1) is 16.5. The van der Waals surface area contributed by atoms with Gasteiger partial charge in [-0.3, -0.25) is 14.4 Å². The van der Waals surface area contributed by atoms with Crippen molar-refractivity contribution >= 4 is 22.8 Å². The number of Topliss-reactive ketones (excluding diaryl/α,β-unsaturated/α-hetero) is 1. The quantitative estimate of drug-likeness (QED) is 0.307. The number of para-hydroxylation sites is 2. The van der Waals surface area contributed by atoms with E-state index in [0.717, 1.165) is 22.9 Å². The molecule has 0 atom stereocenters. The standard InChI is InChI=1S/C25H28F3N3O4/c1-4-5-12-30-21-9-7-6-8-19(21)29-20(24(30)34)10-11-23(33)35-14-22(32)18-13-16(2)31(17(18)3)15-25(26,27)28/h6-9,13H,4-5,10-12,14-15H2,1-3H3. The van der Waals surface area contributed by atoms with Crippen LogP contribution in [0.25, 0.3) is 11.0 Å². The van der Waals surface area contributed by atoms with Crippen LogP contribution in [0.5, 0.6) is 0 Å². The Morgan fingerprint density at radius 1 is 1.11 bits per heavy atom. The van der Waals surface area contributed by atoms with E-state index in [1.807, 2.05) is 25.1 Å². The van der Waals surface area contributed by atoms with Crippen molar-refractivity contribution in [2.24, 2.45) is 0 Å². The molecule has 0 aliphatic rings. The molecule has 0 amide bonds. The van der Waals surface area contributed by atoms with E-state index in [0.29, 0.717) is 12.1 Å². The number of hydrogen-bond acceptors (Lipinski definition) is 5. The van der Waals surface area contributed by atoms with Gasteiger partial charge in [0.25, 0.3) is 5.56 Å². The maximum Gasteiger partial charge on any atom is 0.406 e.